The number of primary amides is 1. The number of amides is 1. The highest BCUT2D eigenvalue weighted by molar-refractivity contribution is 8.00. The fraction of sp³-hybridized carbons (Fsp3) is 0.176. The number of carbonyl (C=O) groups excluding carboxylic acids is 1. The Morgan fingerprint density at radius 2 is 1.36 bits per heavy atom. The number of carboxylic acids is 1. The van der Waals surface area contributed by atoms with E-state index in [-0.39, 0.29) is 16.9 Å². The minimum Gasteiger partial charge on any atom is -0.481 e. The van der Waals surface area contributed by atoms with Gasteiger partial charge in [-0.25, -0.2) is 0 Å². The monoisotopic (exact) mass is 317 g/mol. The van der Waals surface area contributed by atoms with Crippen molar-refractivity contribution >= 4 is 23.6 Å². The molecule has 3 N–H and O–H groups in total. The number of carboxylic acid groups (broad SMARTS) is 1. The van der Waals surface area contributed by atoms with Gasteiger partial charge in [-0.05, 0) is 11.1 Å². The van der Waals surface area contributed by atoms with E-state index in [1.54, 1.807) is 0 Å². The van der Waals surface area contributed by atoms with Crippen molar-refractivity contribution in [1.82, 2.24) is 0 Å². The number of carbonyl (C=O) groups is 2. The van der Waals surface area contributed by atoms with Crippen molar-refractivity contribution < 1.29 is 14.7 Å². The maximum Gasteiger partial charge on any atom is 0.313 e. The maximum absolute atomic E-state index is 10.7. The van der Waals surface area contributed by atoms with Crippen molar-refractivity contribution in [3.63, 3.8) is 0 Å². The van der Waals surface area contributed by atoms with Crippen LogP contribution in [0.5, 0.6) is 0 Å². The first kappa shape index (κ1) is 17.8. The molecule has 0 saturated carbocycles. The molecule has 0 saturated heterocycles. The van der Waals surface area contributed by atoms with Crippen molar-refractivity contribution in [2.75, 3.05) is 5.75 Å². The first-order valence-corrected chi connectivity index (χ1v) is 7.75. The Balaban J connectivity index is 0.000000541. The summed E-state index contributed by atoms with van der Waals surface area (Å²) in [5, 5.41) is 8.91. The van der Waals surface area contributed by atoms with E-state index < -0.39 is 5.97 Å². The maximum atomic E-state index is 10.7. The molecule has 0 aliphatic carbocycles. The molecule has 0 radical (unpaired) electrons. The van der Waals surface area contributed by atoms with Crippen molar-refractivity contribution in [2.45, 2.75) is 12.2 Å². The SMILES string of the molecule is CC(N)=O.O=C(O)CSC(c1ccccc1)c1ccccc1. The summed E-state index contributed by atoms with van der Waals surface area (Å²) in [5.41, 5.74) is 6.74. The van der Waals surface area contributed by atoms with Gasteiger partial charge in [0.2, 0.25) is 5.91 Å². The van der Waals surface area contributed by atoms with Gasteiger partial charge in [0.1, 0.15) is 0 Å². The Kier molecular flexibility index (Phi) is 7.78. The van der Waals surface area contributed by atoms with Crippen LogP contribution in [0.2, 0.25) is 0 Å². The lowest BCUT2D eigenvalue weighted by Gasteiger charge is -2.16. The second-order valence-corrected chi connectivity index (χ2v) is 5.61. The van der Waals surface area contributed by atoms with Gasteiger partial charge in [-0.2, -0.15) is 0 Å². The summed E-state index contributed by atoms with van der Waals surface area (Å²) in [4.78, 5) is 20.0. The van der Waals surface area contributed by atoms with E-state index in [1.807, 2.05) is 60.7 Å². The molecule has 4 nitrogen and oxygen atoms in total. The number of hydrogen-bond acceptors (Lipinski definition) is 3. The quantitative estimate of drug-likeness (QED) is 0.888. The van der Waals surface area contributed by atoms with Crippen molar-refractivity contribution in [3.05, 3.63) is 71.8 Å². The van der Waals surface area contributed by atoms with Gasteiger partial charge in [-0.15, -0.1) is 11.8 Å². The highest BCUT2D eigenvalue weighted by atomic mass is 32.2. The van der Waals surface area contributed by atoms with E-state index in [9.17, 15) is 9.59 Å². The van der Waals surface area contributed by atoms with Crippen LogP contribution in [-0.4, -0.2) is 22.7 Å². The molecule has 1 amide bonds. The van der Waals surface area contributed by atoms with Crippen LogP contribution in [0.1, 0.15) is 23.3 Å². The summed E-state index contributed by atoms with van der Waals surface area (Å²) in [6.07, 6.45) is 0. The predicted molar refractivity (Wildman–Crippen MR) is 89.7 cm³/mol. The molecular formula is C17H19NO3S. The van der Waals surface area contributed by atoms with E-state index in [0.717, 1.165) is 11.1 Å². The molecule has 2 aromatic rings. The van der Waals surface area contributed by atoms with Crippen LogP contribution >= 0.6 is 11.8 Å². The number of benzene rings is 2. The highest BCUT2D eigenvalue weighted by Gasteiger charge is 2.15. The van der Waals surface area contributed by atoms with Gasteiger partial charge in [-0.1, -0.05) is 60.7 Å². The standard InChI is InChI=1S/C15H14O2S.C2H5NO/c16-14(17)11-18-15(12-7-3-1-4-8-12)13-9-5-2-6-10-13;1-2(3)4/h1-10,15H,11H2,(H,16,17);1H3,(H2,3,4). The summed E-state index contributed by atoms with van der Waals surface area (Å²) in [7, 11) is 0. The number of thioether (sulfide) groups is 1. The van der Waals surface area contributed by atoms with Crippen LogP contribution in [0.15, 0.2) is 60.7 Å². The topological polar surface area (TPSA) is 80.4 Å². The molecule has 0 fully saturated rings. The molecule has 0 bridgehead atoms. The highest BCUT2D eigenvalue weighted by Crippen LogP contribution is 2.35. The molecule has 116 valence electrons. The molecule has 0 aliphatic heterocycles. The zero-order valence-electron chi connectivity index (χ0n) is 12.3. The van der Waals surface area contributed by atoms with Crippen LogP contribution in [0.25, 0.3) is 0 Å². The molecule has 0 aromatic heterocycles. The van der Waals surface area contributed by atoms with Crippen molar-refractivity contribution in [2.24, 2.45) is 5.73 Å². The normalized spacial score (nSPS) is 9.73. The molecular weight excluding hydrogens is 298 g/mol. The smallest absolute Gasteiger partial charge is 0.313 e. The van der Waals surface area contributed by atoms with E-state index in [0.29, 0.717) is 0 Å². The van der Waals surface area contributed by atoms with Crippen LogP contribution in [-0.2, 0) is 9.59 Å². The second-order valence-electron chi connectivity index (χ2n) is 4.52. The average molecular weight is 317 g/mol. The molecule has 22 heavy (non-hydrogen) atoms. The van der Waals surface area contributed by atoms with Gasteiger partial charge in [0, 0.05) is 6.92 Å². The minimum atomic E-state index is -0.781. The molecule has 0 unspecified atom stereocenters. The Labute approximate surface area is 134 Å². The zero-order valence-corrected chi connectivity index (χ0v) is 13.1. The van der Waals surface area contributed by atoms with Gasteiger partial charge in [0.15, 0.2) is 0 Å². The molecule has 5 heteroatoms. The van der Waals surface area contributed by atoms with E-state index in [4.69, 9.17) is 5.11 Å². The Morgan fingerprint density at radius 1 is 1.00 bits per heavy atom. The lowest BCUT2D eigenvalue weighted by atomic mass is 10.0. The van der Waals surface area contributed by atoms with Gasteiger partial charge >= 0.3 is 5.97 Å². The fourth-order valence-corrected chi connectivity index (χ4v) is 2.80. The third-order valence-electron chi connectivity index (χ3n) is 2.58. The van der Waals surface area contributed by atoms with Crippen LogP contribution in [0, 0.1) is 0 Å². The van der Waals surface area contributed by atoms with Gasteiger partial charge in [-0.3, -0.25) is 9.59 Å². The lowest BCUT2D eigenvalue weighted by molar-refractivity contribution is -0.133. The summed E-state index contributed by atoms with van der Waals surface area (Å²) in [6, 6.07) is 20.0. The number of rotatable bonds is 5. The summed E-state index contributed by atoms with van der Waals surface area (Å²) < 4.78 is 0. The molecule has 2 aromatic carbocycles. The Morgan fingerprint density at radius 3 is 1.68 bits per heavy atom. The third kappa shape index (κ3) is 6.95. The van der Waals surface area contributed by atoms with Crippen LogP contribution < -0.4 is 5.73 Å². The molecule has 0 heterocycles. The molecule has 0 spiro atoms. The minimum absolute atomic E-state index is 0.0727. The Hall–Kier alpha value is -2.27. The van der Waals surface area contributed by atoms with Gasteiger partial charge in [0.25, 0.3) is 0 Å². The first-order valence-electron chi connectivity index (χ1n) is 6.70. The Bertz CT molecular complexity index is 544. The van der Waals surface area contributed by atoms with Crippen LogP contribution in [0.3, 0.4) is 0 Å². The van der Waals surface area contributed by atoms with Gasteiger partial charge in [0.05, 0.1) is 11.0 Å². The van der Waals surface area contributed by atoms with E-state index >= 15 is 0 Å². The number of nitrogens with two attached hydrogens (primary N) is 1. The van der Waals surface area contributed by atoms with E-state index in [1.165, 1.54) is 18.7 Å². The summed E-state index contributed by atoms with van der Waals surface area (Å²) >= 11 is 1.44. The third-order valence-corrected chi connectivity index (χ3v) is 3.87. The number of aliphatic carboxylic acids is 1. The lowest BCUT2D eigenvalue weighted by Crippen LogP contribution is -2.03. The molecule has 0 atom stereocenters. The average Bonchev–Trinajstić information content (AvgIpc) is 2.49. The first-order chi connectivity index (χ1) is 10.5. The van der Waals surface area contributed by atoms with Crippen LogP contribution in [0.4, 0.5) is 0 Å². The van der Waals surface area contributed by atoms with Gasteiger partial charge < -0.3 is 10.8 Å². The summed E-state index contributed by atoms with van der Waals surface area (Å²) in [5.74, 6) is -1.01. The fourth-order valence-electron chi connectivity index (χ4n) is 1.80. The molecule has 2 rings (SSSR count). The second kappa shape index (κ2) is 9.63. The molecule has 0 aliphatic rings. The van der Waals surface area contributed by atoms with Crippen molar-refractivity contribution in [3.8, 4) is 0 Å². The predicted octanol–water partition coefficient (Wildman–Crippen LogP) is 3.09. The van der Waals surface area contributed by atoms with Crippen molar-refractivity contribution in [1.29, 1.82) is 0 Å². The van der Waals surface area contributed by atoms with E-state index in [2.05, 4.69) is 5.73 Å². The largest absolute Gasteiger partial charge is 0.481 e. The number of hydrogen-bond donors (Lipinski definition) is 2. The summed E-state index contributed by atoms with van der Waals surface area (Å²) in [6.45, 7) is 1.31. The zero-order chi connectivity index (χ0) is 16.4.